The number of halogens is 8. The highest BCUT2D eigenvalue weighted by atomic mass is 32.2. The largest absolute Gasteiger partial charge is 0.454 e. The van der Waals surface area contributed by atoms with E-state index in [4.69, 9.17) is 0 Å². The van der Waals surface area contributed by atoms with Crippen LogP contribution in [0.5, 0.6) is 0 Å². The van der Waals surface area contributed by atoms with Gasteiger partial charge in [-0.15, -0.1) is 3.89 Å². The highest BCUT2D eigenvalue weighted by Gasteiger charge is 2.74. The molecule has 1 unspecified atom stereocenters. The molecule has 0 aliphatic heterocycles. The van der Waals surface area contributed by atoms with Crippen LogP contribution in [0.1, 0.15) is 0 Å². The summed E-state index contributed by atoms with van der Waals surface area (Å²) in [6.07, 6.45) is -12.7. The minimum atomic E-state index is -6.51. The molecular weight excluding hydrogens is 276 g/mol. The smallest absolute Gasteiger partial charge is 0.210 e. The minimum absolute atomic E-state index is 0.310. The van der Waals surface area contributed by atoms with Crippen LogP contribution in [-0.2, 0) is 16.1 Å². The number of nitrogens with zero attached hydrogens (tertiary/aromatic N) is 2. The number of alkyl halides is 7. The molecule has 0 N–H and O–H groups in total. The average molecular weight is 276 g/mol. The molecular formula is C4F8N2OS. The third-order valence-corrected chi connectivity index (χ3v) is 1.69. The summed E-state index contributed by atoms with van der Waals surface area (Å²) in [5.41, 5.74) is 0. The van der Waals surface area contributed by atoms with Crippen molar-refractivity contribution in [1.82, 2.24) is 0 Å². The van der Waals surface area contributed by atoms with E-state index < -0.39 is 29.4 Å². The molecule has 3 nitrogen and oxygen atoms in total. The Balaban J connectivity index is 5.63. The number of rotatable bonds is 2. The second kappa shape index (κ2) is 4.45. The van der Waals surface area contributed by atoms with Gasteiger partial charge in [-0.2, -0.15) is 35.1 Å². The van der Waals surface area contributed by atoms with Crippen LogP contribution in [0.25, 0.3) is 0 Å². The van der Waals surface area contributed by atoms with Crippen molar-refractivity contribution in [2.45, 2.75) is 18.1 Å². The zero-order valence-electron chi connectivity index (χ0n) is 6.73. The van der Waals surface area contributed by atoms with Crippen LogP contribution in [0.3, 0.4) is 0 Å². The van der Waals surface area contributed by atoms with E-state index in [0.717, 1.165) is 4.36 Å². The first kappa shape index (κ1) is 15.0. The Labute approximate surface area is 84.7 Å². The molecule has 0 aliphatic rings. The zero-order chi connectivity index (χ0) is 13.2. The number of hydrogen-bond donors (Lipinski definition) is 0. The Morgan fingerprint density at radius 3 is 1.56 bits per heavy atom. The summed E-state index contributed by atoms with van der Waals surface area (Å²) in [4.78, 5) is 9.33. The maximum Gasteiger partial charge on any atom is 0.454 e. The zero-order valence-corrected chi connectivity index (χ0v) is 7.55. The SMILES string of the molecule is O=C=NS(F)=NC(F)(C(F)(F)F)C(F)(F)F. The van der Waals surface area contributed by atoms with Gasteiger partial charge < -0.3 is 0 Å². The van der Waals surface area contributed by atoms with Gasteiger partial charge in [0.15, 0.2) is 0 Å². The second-order valence-corrected chi connectivity index (χ2v) is 2.92. The van der Waals surface area contributed by atoms with Gasteiger partial charge in [0.25, 0.3) is 6.08 Å². The Kier molecular flexibility index (Phi) is 4.17. The van der Waals surface area contributed by atoms with Crippen LogP contribution in [0.2, 0.25) is 0 Å². The maximum absolute atomic E-state index is 12.5. The molecule has 0 bridgehead atoms. The normalized spacial score (nSPS) is 15.8. The van der Waals surface area contributed by atoms with Crippen LogP contribution in [-0.4, -0.2) is 24.2 Å². The molecule has 94 valence electrons. The first-order valence-electron chi connectivity index (χ1n) is 2.99. The molecule has 0 spiro atoms. The molecule has 0 aromatic heterocycles. The fourth-order valence-electron chi connectivity index (χ4n) is 0.419. The van der Waals surface area contributed by atoms with Crippen molar-refractivity contribution < 1.29 is 39.4 Å². The lowest BCUT2D eigenvalue weighted by Crippen LogP contribution is -2.51. The van der Waals surface area contributed by atoms with Crippen LogP contribution in [0.15, 0.2) is 8.76 Å². The van der Waals surface area contributed by atoms with E-state index in [1.54, 1.807) is 4.40 Å². The molecule has 0 rings (SSSR count). The quantitative estimate of drug-likeness (QED) is 0.331. The van der Waals surface area contributed by atoms with Gasteiger partial charge in [-0.25, -0.2) is 4.79 Å². The Morgan fingerprint density at radius 1 is 0.938 bits per heavy atom. The minimum Gasteiger partial charge on any atom is -0.210 e. The van der Waals surface area contributed by atoms with Crippen molar-refractivity contribution in [3.63, 3.8) is 0 Å². The molecule has 0 heterocycles. The van der Waals surface area contributed by atoms with Crippen molar-refractivity contribution in [3.05, 3.63) is 0 Å². The van der Waals surface area contributed by atoms with Crippen molar-refractivity contribution in [1.29, 1.82) is 0 Å². The number of isocyanates is 1. The summed E-state index contributed by atoms with van der Waals surface area (Å²) in [5, 5.41) is 0. The second-order valence-electron chi connectivity index (χ2n) is 2.11. The van der Waals surface area contributed by atoms with Crippen molar-refractivity contribution in [3.8, 4) is 0 Å². The summed E-state index contributed by atoms with van der Waals surface area (Å²) >= 11 is -3.92. The molecule has 0 aromatic rings. The third kappa shape index (κ3) is 2.98. The third-order valence-electron chi connectivity index (χ3n) is 1.07. The number of carbonyl (C=O) groups excluding carboxylic acids is 1. The van der Waals surface area contributed by atoms with Gasteiger partial charge in [-0.3, -0.25) is 0 Å². The van der Waals surface area contributed by atoms with Gasteiger partial charge in [0, 0.05) is 0 Å². The molecule has 0 saturated carbocycles. The standard InChI is InChI=1S/C4F8N2OS/c5-2(3(6,7)8,4(9,10)11)14-16(12)13-1-15. The molecule has 0 saturated heterocycles. The number of hydrogen-bond acceptors (Lipinski definition) is 2. The van der Waals surface area contributed by atoms with E-state index in [9.17, 15) is 39.4 Å². The van der Waals surface area contributed by atoms with E-state index >= 15 is 0 Å². The van der Waals surface area contributed by atoms with Crippen LogP contribution in [0, 0.1) is 0 Å². The maximum atomic E-state index is 12.5. The van der Waals surface area contributed by atoms with E-state index in [0.29, 0.717) is 6.08 Å². The van der Waals surface area contributed by atoms with Crippen molar-refractivity contribution in [2.24, 2.45) is 8.76 Å². The predicted octanol–water partition coefficient (Wildman–Crippen LogP) is 2.71. The molecule has 0 amide bonds. The van der Waals surface area contributed by atoms with Gasteiger partial charge in [-0.05, 0) is 0 Å². The van der Waals surface area contributed by atoms with Gasteiger partial charge in [0.1, 0.15) is 0 Å². The summed E-state index contributed by atoms with van der Waals surface area (Å²) in [7, 11) is 0. The Morgan fingerprint density at radius 2 is 1.31 bits per heavy atom. The highest BCUT2D eigenvalue weighted by molar-refractivity contribution is 7.80. The van der Waals surface area contributed by atoms with E-state index in [-0.39, 0.29) is 0 Å². The average Bonchev–Trinajstić information content (AvgIpc) is 1.99. The van der Waals surface area contributed by atoms with Gasteiger partial charge in [0.2, 0.25) is 11.3 Å². The fourth-order valence-corrected chi connectivity index (χ4v) is 0.936. The van der Waals surface area contributed by atoms with Crippen LogP contribution < -0.4 is 0 Å². The van der Waals surface area contributed by atoms with Gasteiger partial charge in [0.05, 0.1) is 0 Å². The molecule has 1 atom stereocenters. The van der Waals surface area contributed by atoms with Crippen molar-refractivity contribution in [2.75, 3.05) is 0 Å². The molecule has 0 radical (unpaired) electrons. The lowest BCUT2D eigenvalue weighted by atomic mass is 10.2. The first-order chi connectivity index (χ1) is 6.95. The van der Waals surface area contributed by atoms with Crippen LogP contribution in [0.4, 0.5) is 34.6 Å². The molecule has 12 heteroatoms. The topological polar surface area (TPSA) is 41.8 Å². The van der Waals surface area contributed by atoms with E-state index in [1.807, 2.05) is 0 Å². The van der Waals surface area contributed by atoms with Crippen LogP contribution >= 0.6 is 0 Å². The monoisotopic (exact) mass is 276 g/mol. The molecule has 16 heavy (non-hydrogen) atoms. The van der Waals surface area contributed by atoms with E-state index in [1.165, 1.54) is 0 Å². The lowest BCUT2D eigenvalue weighted by Gasteiger charge is -2.25. The molecule has 0 aliphatic carbocycles. The molecule has 0 fully saturated rings. The summed E-state index contributed by atoms with van der Waals surface area (Å²) in [6.45, 7) is 0. The Hall–Kier alpha value is -1.03. The first-order valence-corrected chi connectivity index (χ1v) is 4.03. The van der Waals surface area contributed by atoms with Gasteiger partial charge in [-0.1, -0.05) is 4.40 Å². The summed E-state index contributed by atoms with van der Waals surface area (Å²) < 4.78 is 97.9. The van der Waals surface area contributed by atoms with E-state index in [2.05, 4.69) is 0 Å². The fraction of sp³-hybridized carbons (Fsp3) is 0.750. The Bertz CT molecular complexity index is 325. The summed E-state index contributed by atoms with van der Waals surface area (Å²) in [6, 6.07) is 0. The van der Waals surface area contributed by atoms with Crippen molar-refractivity contribution >= 4 is 17.3 Å². The summed E-state index contributed by atoms with van der Waals surface area (Å²) in [5.74, 6) is -6.11. The lowest BCUT2D eigenvalue weighted by molar-refractivity contribution is -0.337. The predicted molar refractivity (Wildman–Crippen MR) is 35.0 cm³/mol. The van der Waals surface area contributed by atoms with Gasteiger partial charge >= 0.3 is 18.1 Å². The highest BCUT2D eigenvalue weighted by Crippen LogP contribution is 2.47. The molecule has 0 aromatic carbocycles.